The highest BCUT2D eigenvalue weighted by atomic mass is 16.5. The van der Waals surface area contributed by atoms with Crippen LogP contribution in [0, 0.1) is 6.92 Å². The maximum Gasteiger partial charge on any atom is 0.340 e. The van der Waals surface area contributed by atoms with Crippen molar-refractivity contribution in [1.82, 2.24) is 9.97 Å². The quantitative estimate of drug-likeness (QED) is 0.534. The fraction of sp³-hybridized carbons (Fsp3) is 0.389. The molecule has 0 amide bonds. The SMILES string of the molecule is CCOC(=O)c1ccccc1Nc1cc(C)nc(NCCCOC)n1. The van der Waals surface area contributed by atoms with Crippen molar-refractivity contribution in [3.05, 3.63) is 41.6 Å². The lowest BCUT2D eigenvalue weighted by Gasteiger charge is -2.12. The molecule has 0 spiro atoms. The molecule has 0 aliphatic carbocycles. The van der Waals surface area contributed by atoms with Crippen LogP contribution in [0.15, 0.2) is 30.3 Å². The van der Waals surface area contributed by atoms with Crippen molar-refractivity contribution in [3.8, 4) is 0 Å². The first-order valence-corrected chi connectivity index (χ1v) is 8.25. The van der Waals surface area contributed by atoms with Gasteiger partial charge in [0.2, 0.25) is 5.95 Å². The van der Waals surface area contributed by atoms with Gasteiger partial charge in [0.15, 0.2) is 0 Å². The molecule has 25 heavy (non-hydrogen) atoms. The molecule has 2 N–H and O–H groups in total. The molecule has 0 fully saturated rings. The number of carbonyl (C=O) groups excluding carboxylic acids is 1. The Hall–Kier alpha value is -2.67. The number of aryl methyl sites for hydroxylation is 1. The summed E-state index contributed by atoms with van der Waals surface area (Å²) in [6.45, 7) is 5.40. The number of ether oxygens (including phenoxy) is 2. The van der Waals surface area contributed by atoms with Crippen LogP contribution in [0.1, 0.15) is 29.4 Å². The van der Waals surface area contributed by atoms with Crippen molar-refractivity contribution in [3.63, 3.8) is 0 Å². The minimum atomic E-state index is -0.366. The van der Waals surface area contributed by atoms with Gasteiger partial charge in [-0.15, -0.1) is 0 Å². The van der Waals surface area contributed by atoms with Crippen LogP contribution in [0.25, 0.3) is 0 Å². The second-order valence-electron chi connectivity index (χ2n) is 5.38. The third-order valence-electron chi connectivity index (χ3n) is 3.35. The number of hydrogen-bond donors (Lipinski definition) is 2. The average molecular weight is 344 g/mol. The van der Waals surface area contributed by atoms with Gasteiger partial charge in [0.05, 0.1) is 17.9 Å². The molecule has 1 aromatic carbocycles. The third-order valence-corrected chi connectivity index (χ3v) is 3.35. The highest BCUT2D eigenvalue weighted by Gasteiger charge is 2.13. The van der Waals surface area contributed by atoms with Gasteiger partial charge in [-0.3, -0.25) is 0 Å². The van der Waals surface area contributed by atoms with Crippen LogP contribution in [0.4, 0.5) is 17.5 Å². The topological polar surface area (TPSA) is 85.4 Å². The van der Waals surface area contributed by atoms with E-state index in [0.29, 0.717) is 36.2 Å². The highest BCUT2D eigenvalue weighted by Crippen LogP contribution is 2.21. The molecular weight excluding hydrogens is 320 g/mol. The van der Waals surface area contributed by atoms with Gasteiger partial charge >= 0.3 is 5.97 Å². The standard InChI is InChI=1S/C18H24N4O3/c1-4-25-17(23)14-8-5-6-9-15(14)21-16-12-13(2)20-18(22-16)19-10-7-11-24-3/h5-6,8-9,12H,4,7,10-11H2,1-3H3,(H2,19,20,21,22). The lowest BCUT2D eigenvalue weighted by molar-refractivity contribution is 0.0527. The summed E-state index contributed by atoms with van der Waals surface area (Å²) in [5, 5.41) is 6.35. The molecule has 0 unspecified atom stereocenters. The molecule has 0 radical (unpaired) electrons. The maximum absolute atomic E-state index is 12.1. The molecule has 0 aliphatic heterocycles. The Balaban J connectivity index is 2.15. The average Bonchev–Trinajstić information content (AvgIpc) is 2.59. The van der Waals surface area contributed by atoms with Crippen molar-refractivity contribution in [1.29, 1.82) is 0 Å². The normalized spacial score (nSPS) is 10.4. The van der Waals surface area contributed by atoms with Crippen LogP contribution in [0.2, 0.25) is 0 Å². The predicted octanol–water partition coefficient (Wildman–Crippen LogP) is 3.15. The molecule has 0 atom stereocenters. The first-order chi connectivity index (χ1) is 12.1. The van der Waals surface area contributed by atoms with E-state index in [-0.39, 0.29) is 5.97 Å². The Morgan fingerprint density at radius 1 is 1.24 bits per heavy atom. The first-order valence-electron chi connectivity index (χ1n) is 8.25. The van der Waals surface area contributed by atoms with Crippen molar-refractivity contribution >= 4 is 23.4 Å². The molecule has 134 valence electrons. The summed E-state index contributed by atoms with van der Waals surface area (Å²) in [6, 6.07) is 9.00. The van der Waals surface area contributed by atoms with Crippen LogP contribution in [-0.4, -0.2) is 42.8 Å². The van der Waals surface area contributed by atoms with Gasteiger partial charge < -0.3 is 20.1 Å². The number of nitrogens with one attached hydrogen (secondary N) is 2. The van der Waals surface area contributed by atoms with Crippen LogP contribution >= 0.6 is 0 Å². The molecule has 1 aromatic heterocycles. The number of carbonyl (C=O) groups is 1. The molecule has 0 bridgehead atoms. The zero-order chi connectivity index (χ0) is 18.1. The van der Waals surface area contributed by atoms with E-state index < -0.39 is 0 Å². The zero-order valence-corrected chi connectivity index (χ0v) is 14.8. The second kappa shape index (κ2) is 9.58. The number of methoxy groups -OCH3 is 1. The molecule has 0 saturated heterocycles. The second-order valence-corrected chi connectivity index (χ2v) is 5.38. The van der Waals surface area contributed by atoms with Gasteiger partial charge in [0, 0.05) is 32.0 Å². The Morgan fingerprint density at radius 2 is 2.04 bits per heavy atom. The number of nitrogens with zero attached hydrogens (tertiary/aromatic N) is 2. The fourth-order valence-corrected chi connectivity index (χ4v) is 2.25. The molecule has 7 nitrogen and oxygen atoms in total. The largest absolute Gasteiger partial charge is 0.462 e. The molecule has 0 saturated carbocycles. The van der Waals surface area contributed by atoms with E-state index in [2.05, 4.69) is 20.6 Å². The van der Waals surface area contributed by atoms with Crippen LogP contribution in [0.3, 0.4) is 0 Å². The summed E-state index contributed by atoms with van der Waals surface area (Å²) in [5.41, 5.74) is 1.93. The lowest BCUT2D eigenvalue weighted by Crippen LogP contribution is -2.11. The van der Waals surface area contributed by atoms with Crippen LogP contribution < -0.4 is 10.6 Å². The van der Waals surface area contributed by atoms with Crippen LogP contribution in [-0.2, 0) is 9.47 Å². The van der Waals surface area contributed by atoms with Gasteiger partial charge in [-0.25, -0.2) is 9.78 Å². The molecule has 2 rings (SSSR count). The smallest absolute Gasteiger partial charge is 0.340 e. The Morgan fingerprint density at radius 3 is 2.80 bits per heavy atom. The summed E-state index contributed by atoms with van der Waals surface area (Å²) in [7, 11) is 1.67. The first kappa shape index (κ1) is 18.7. The molecular formula is C18H24N4O3. The Labute approximate surface area is 147 Å². The van der Waals surface area contributed by atoms with E-state index in [4.69, 9.17) is 9.47 Å². The van der Waals surface area contributed by atoms with Gasteiger partial charge in [0.25, 0.3) is 0 Å². The zero-order valence-electron chi connectivity index (χ0n) is 14.8. The van der Waals surface area contributed by atoms with Crippen molar-refractivity contribution in [2.45, 2.75) is 20.3 Å². The molecule has 7 heteroatoms. The van der Waals surface area contributed by atoms with Gasteiger partial charge in [-0.1, -0.05) is 12.1 Å². The Bertz CT molecular complexity index is 706. The van der Waals surface area contributed by atoms with Crippen molar-refractivity contribution < 1.29 is 14.3 Å². The van der Waals surface area contributed by atoms with E-state index in [0.717, 1.165) is 18.7 Å². The summed E-state index contributed by atoms with van der Waals surface area (Å²) in [6.07, 6.45) is 0.863. The number of aromatic nitrogens is 2. The fourth-order valence-electron chi connectivity index (χ4n) is 2.25. The number of hydrogen-bond acceptors (Lipinski definition) is 7. The van der Waals surface area contributed by atoms with E-state index >= 15 is 0 Å². The van der Waals surface area contributed by atoms with E-state index in [1.54, 1.807) is 26.2 Å². The highest BCUT2D eigenvalue weighted by molar-refractivity contribution is 5.96. The number of para-hydroxylation sites is 1. The lowest BCUT2D eigenvalue weighted by atomic mass is 10.2. The number of benzene rings is 1. The van der Waals surface area contributed by atoms with Gasteiger partial charge in [-0.05, 0) is 32.4 Å². The van der Waals surface area contributed by atoms with Crippen molar-refractivity contribution in [2.24, 2.45) is 0 Å². The third kappa shape index (κ3) is 5.72. The molecule has 2 aromatic rings. The van der Waals surface area contributed by atoms with Gasteiger partial charge in [-0.2, -0.15) is 4.98 Å². The monoisotopic (exact) mass is 344 g/mol. The summed E-state index contributed by atoms with van der Waals surface area (Å²) in [4.78, 5) is 20.9. The predicted molar refractivity (Wildman–Crippen MR) is 97.4 cm³/mol. The molecule has 1 heterocycles. The van der Waals surface area contributed by atoms with Crippen LogP contribution in [0.5, 0.6) is 0 Å². The maximum atomic E-state index is 12.1. The summed E-state index contributed by atoms with van der Waals surface area (Å²) >= 11 is 0. The summed E-state index contributed by atoms with van der Waals surface area (Å²) in [5.74, 6) is 0.778. The van der Waals surface area contributed by atoms with E-state index in [1.807, 2.05) is 25.1 Å². The van der Waals surface area contributed by atoms with E-state index in [9.17, 15) is 4.79 Å². The molecule has 0 aliphatic rings. The van der Waals surface area contributed by atoms with Gasteiger partial charge in [0.1, 0.15) is 5.82 Å². The summed E-state index contributed by atoms with van der Waals surface area (Å²) < 4.78 is 10.1. The number of esters is 1. The number of rotatable bonds is 9. The van der Waals surface area contributed by atoms with E-state index in [1.165, 1.54) is 0 Å². The minimum absolute atomic E-state index is 0.329. The van der Waals surface area contributed by atoms with Crippen molar-refractivity contribution in [2.75, 3.05) is 37.5 Å². The minimum Gasteiger partial charge on any atom is -0.462 e. The number of anilines is 3. The Kier molecular flexibility index (Phi) is 7.16.